The van der Waals surface area contributed by atoms with Crippen molar-refractivity contribution in [2.75, 3.05) is 38.3 Å². The predicted molar refractivity (Wildman–Crippen MR) is 200 cm³/mol. The van der Waals surface area contributed by atoms with Gasteiger partial charge in [0.2, 0.25) is 0 Å². The molecule has 1 fully saturated rings. The monoisotopic (exact) mass is 680 g/mol. The number of hydrogen-bond acceptors (Lipinski definition) is 8. The van der Waals surface area contributed by atoms with E-state index in [0.29, 0.717) is 43.2 Å². The average molecular weight is 681 g/mol. The minimum atomic E-state index is -1.00. The number of hydrogen-bond donors (Lipinski definition) is 0. The van der Waals surface area contributed by atoms with Gasteiger partial charge in [0.05, 0.1) is 42.8 Å². The van der Waals surface area contributed by atoms with Crippen LogP contribution in [0.5, 0.6) is 5.75 Å². The minimum absolute atomic E-state index is 0.226. The number of benzene rings is 2. The van der Waals surface area contributed by atoms with E-state index in [4.69, 9.17) is 29.0 Å². The SMILES string of the molecule is C=CCOC1(C)CCN(c2c([C@H](OC(C)(C)C)C(=O)OC)c(C)nc3cc(-c4cccc(-c5cc(C)ccc5OCC(C)C=C)c4)nn23)CC1. The Kier molecular flexibility index (Phi) is 11.2. The summed E-state index contributed by atoms with van der Waals surface area (Å²) in [6.45, 7) is 24.1. The first-order valence-electron chi connectivity index (χ1n) is 17.4. The standard InChI is InChI=1S/C41H52N4O5/c1-11-22-49-41(9)18-20-44(21-19-41)38-36(37(39(46)47-10)50-40(6,7)8)29(5)42-35-25-33(43-45(35)38)31-15-13-14-30(24-31)32-23-28(4)16-17-34(32)48-26-27(3)12-2/h11-17,23-25,27,37H,1-2,18-22,26H2,3-10H3/t27?,37-/m0/s1. The zero-order chi connectivity index (χ0) is 36.2. The summed E-state index contributed by atoms with van der Waals surface area (Å²) in [5, 5.41) is 5.17. The second-order valence-electron chi connectivity index (χ2n) is 14.5. The Bertz CT molecular complexity index is 1850. The van der Waals surface area contributed by atoms with E-state index in [-0.39, 0.29) is 11.5 Å². The predicted octanol–water partition coefficient (Wildman–Crippen LogP) is 8.47. The van der Waals surface area contributed by atoms with Gasteiger partial charge in [0, 0.05) is 41.9 Å². The van der Waals surface area contributed by atoms with Crippen LogP contribution < -0.4 is 9.64 Å². The van der Waals surface area contributed by atoms with Gasteiger partial charge in [-0.2, -0.15) is 9.61 Å². The number of carbonyl (C=O) groups is 1. The highest BCUT2D eigenvalue weighted by Crippen LogP contribution is 2.39. The van der Waals surface area contributed by atoms with E-state index < -0.39 is 17.7 Å². The van der Waals surface area contributed by atoms with E-state index in [1.165, 1.54) is 7.11 Å². The third-order valence-corrected chi connectivity index (χ3v) is 9.13. The van der Waals surface area contributed by atoms with Gasteiger partial charge in [-0.15, -0.1) is 13.2 Å². The number of piperidine rings is 1. The highest BCUT2D eigenvalue weighted by molar-refractivity contribution is 5.81. The fourth-order valence-electron chi connectivity index (χ4n) is 6.28. The smallest absolute Gasteiger partial charge is 0.339 e. The Morgan fingerprint density at radius 2 is 1.78 bits per heavy atom. The van der Waals surface area contributed by atoms with E-state index in [9.17, 15) is 4.79 Å². The fourth-order valence-corrected chi connectivity index (χ4v) is 6.28. The number of anilines is 1. The first-order valence-corrected chi connectivity index (χ1v) is 17.4. The lowest BCUT2D eigenvalue weighted by Gasteiger charge is -2.41. The van der Waals surface area contributed by atoms with Gasteiger partial charge < -0.3 is 23.8 Å². The lowest BCUT2D eigenvalue weighted by atomic mass is 9.92. The van der Waals surface area contributed by atoms with Crippen molar-refractivity contribution in [3.05, 3.63) is 90.7 Å². The van der Waals surface area contributed by atoms with Crippen molar-refractivity contribution < 1.29 is 23.7 Å². The van der Waals surface area contributed by atoms with Crippen LogP contribution in [0.3, 0.4) is 0 Å². The van der Waals surface area contributed by atoms with Crippen LogP contribution in [0.15, 0.2) is 73.8 Å². The molecule has 1 aliphatic heterocycles. The number of rotatable bonds is 13. The van der Waals surface area contributed by atoms with Gasteiger partial charge in [-0.05, 0) is 78.1 Å². The number of fused-ring (bicyclic) bond motifs is 1. The number of esters is 1. The normalized spacial score (nSPS) is 15.8. The van der Waals surface area contributed by atoms with Crippen molar-refractivity contribution in [1.82, 2.24) is 14.6 Å². The molecule has 2 aromatic heterocycles. The second-order valence-corrected chi connectivity index (χ2v) is 14.5. The quantitative estimate of drug-likeness (QED) is 0.103. The molecule has 1 aliphatic rings. The van der Waals surface area contributed by atoms with Crippen molar-refractivity contribution in [3.8, 4) is 28.1 Å². The van der Waals surface area contributed by atoms with Crippen molar-refractivity contribution in [3.63, 3.8) is 0 Å². The first kappa shape index (κ1) is 36.8. The molecule has 9 nitrogen and oxygen atoms in total. The molecular formula is C41H52N4O5. The zero-order valence-corrected chi connectivity index (χ0v) is 30.9. The molecule has 0 amide bonds. The van der Waals surface area contributed by atoms with Crippen LogP contribution in [0.4, 0.5) is 5.82 Å². The van der Waals surface area contributed by atoms with Crippen LogP contribution in [0, 0.1) is 19.8 Å². The second kappa shape index (κ2) is 15.2. The topological polar surface area (TPSA) is 87.4 Å². The molecule has 0 radical (unpaired) electrons. The largest absolute Gasteiger partial charge is 0.492 e. The molecule has 0 bridgehead atoms. The fraction of sp³-hybridized carbons (Fsp3) is 0.439. The maximum absolute atomic E-state index is 13.4. The number of aryl methyl sites for hydroxylation is 2. The van der Waals surface area contributed by atoms with Crippen molar-refractivity contribution in [1.29, 1.82) is 0 Å². The molecule has 0 aliphatic carbocycles. The third-order valence-electron chi connectivity index (χ3n) is 9.13. The summed E-state index contributed by atoms with van der Waals surface area (Å²) in [6.07, 6.45) is 4.25. The number of ether oxygens (including phenoxy) is 4. The first-order chi connectivity index (χ1) is 23.8. The van der Waals surface area contributed by atoms with Crippen LogP contribution in [0.1, 0.15) is 70.4 Å². The van der Waals surface area contributed by atoms with Gasteiger partial charge in [-0.25, -0.2) is 9.78 Å². The van der Waals surface area contributed by atoms with Gasteiger partial charge in [0.25, 0.3) is 0 Å². The van der Waals surface area contributed by atoms with Gasteiger partial charge >= 0.3 is 5.97 Å². The van der Waals surface area contributed by atoms with E-state index in [2.05, 4.69) is 69.2 Å². The summed E-state index contributed by atoms with van der Waals surface area (Å²) in [7, 11) is 1.38. The maximum atomic E-state index is 13.4. The van der Waals surface area contributed by atoms with Crippen molar-refractivity contribution in [2.24, 2.45) is 5.92 Å². The summed E-state index contributed by atoms with van der Waals surface area (Å²) in [4.78, 5) is 20.7. The maximum Gasteiger partial charge on any atom is 0.339 e. The summed E-state index contributed by atoms with van der Waals surface area (Å²) in [5.74, 6) is 1.33. The Balaban J connectivity index is 1.63. The molecule has 2 atom stereocenters. The van der Waals surface area contributed by atoms with E-state index in [1.807, 2.05) is 56.5 Å². The summed E-state index contributed by atoms with van der Waals surface area (Å²) in [6, 6.07) is 16.6. The molecule has 2 aromatic carbocycles. The van der Waals surface area contributed by atoms with Crippen LogP contribution in [0.25, 0.3) is 28.0 Å². The summed E-state index contributed by atoms with van der Waals surface area (Å²) >= 11 is 0. The lowest BCUT2D eigenvalue weighted by Crippen LogP contribution is -2.45. The zero-order valence-electron chi connectivity index (χ0n) is 30.9. The highest BCUT2D eigenvalue weighted by atomic mass is 16.6. The summed E-state index contributed by atoms with van der Waals surface area (Å²) < 4.78 is 26.0. The van der Waals surface area contributed by atoms with Crippen LogP contribution in [-0.2, 0) is 19.0 Å². The van der Waals surface area contributed by atoms with Crippen LogP contribution in [0.2, 0.25) is 0 Å². The Morgan fingerprint density at radius 1 is 1.06 bits per heavy atom. The molecule has 0 spiro atoms. The number of nitrogens with zero attached hydrogens (tertiary/aromatic N) is 4. The molecule has 5 rings (SSSR count). The van der Waals surface area contributed by atoms with Gasteiger partial charge in [0.15, 0.2) is 11.8 Å². The molecular weight excluding hydrogens is 628 g/mol. The molecule has 1 unspecified atom stereocenters. The Morgan fingerprint density at radius 3 is 2.44 bits per heavy atom. The third kappa shape index (κ3) is 8.28. The Hall–Kier alpha value is -4.47. The highest BCUT2D eigenvalue weighted by Gasteiger charge is 2.38. The van der Waals surface area contributed by atoms with E-state index >= 15 is 0 Å². The summed E-state index contributed by atoms with van der Waals surface area (Å²) in [5.41, 5.74) is 5.96. The molecule has 266 valence electrons. The average Bonchev–Trinajstić information content (AvgIpc) is 3.52. The lowest BCUT2D eigenvalue weighted by molar-refractivity contribution is -0.164. The van der Waals surface area contributed by atoms with Crippen molar-refractivity contribution in [2.45, 2.75) is 78.6 Å². The van der Waals surface area contributed by atoms with Crippen molar-refractivity contribution >= 4 is 17.4 Å². The molecule has 50 heavy (non-hydrogen) atoms. The van der Waals surface area contributed by atoms with Crippen LogP contribution in [-0.4, -0.2) is 65.2 Å². The molecule has 0 saturated carbocycles. The number of methoxy groups -OCH3 is 1. The molecule has 9 heteroatoms. The van der Waals surface area contributed by atoms with Crippen LogP contribution >= 0.6 is 0 Å². The molecule has 0 N–H and O–H groups in total. The van der Waals surface area contributed by atoms with Gasteiger partial charge in [-0.3, -0.25) is 0 Å². The molecule has 1 saturated heterocycles. The van der Waals surface area contributed by atoms with E-state index in [1.54, 1.807) is 6.08 Å². The molecule has 4 aromatic rings. The molecule has 3 heterocycles. The Labute approximate surface area is 296 Å². The number of carbonyl (C=O) groups excluding carboxylic acids is 1. The van der Waals surface area contributed by atoms with Gasteiger partial charge in [0.1, 0.15) is 11.6 Å². The number of aromatic nitrogens is 3. The minimum Gasteiger partial charge on any atom is -0.492 e. The van der Waals surface area contributed by atoms with E-state index in [0.717, 1.165) is 52.4 Å². The van der Waals surface area contributed by atoms with Gasteiger partial charge in [-0.1, -0.05) is 48.9 Å².